The summed E-state index contributed by atoms with van der Waals surface area (Å²) in [6, 6.07) is -0.783. The van der Waals surface area contributed by atoms with E-state index in [9.17, 15) is 9.59 Å². The van der Waals surface area contributed by atoms with Gasteiger partial charge < -0.3 is 14.8 Å². The smallest absolute Gasteiger partial charge is 0.408 e. The number of halogens is 3. The Hall–Kier alpha value is 0.180. The zero-order valence-corrected chi connectivity index (χ0v) is 15.3. The molecule has 5 nitrogen and oxygen atoms in total. The van der Waals surface area contributed by atoms with Crippen molar-refractivity contribution in [3.05, 3.63) is 0 Å². The van der Waals surface area contributed by atoms with Crippen LogP contribution in [0.3, 0.4) is 0 Å². The first-order valence-corrected chi connectivity index (χ1v) is 7.51. The molecule has 0 bridgehead atoms. The number of hydrogen-bond donors (Lipinski definition) is 1. The minimum atomic E-state index is -0.783. The standard InChI is InChI=1S/C10H16Br3NO4/c1-6(7(15)17-5-10(11,12)13)14-8(16)18-9(2,3)4/h6H,5H2,1-4H3,(H,14,16)/t6-/m0/s1. The summed E-state index contributed by atoms with van der Waals surface area (Å²) in [4.78, 5) is 22.9. The molecule has 0 unspecified atom stereocenters. The first-order chi connectivity index (χ1) is 7.91. The largest absolute Gasteiger partial charge is 0.461 e. The number of rotatable bonds is 3. The predicted molar refractivity (Wildman–Crippen MR) is 79.3 cm³/mol. The van der Waals surface area contributed by atoms with E-state index in [2.05, 4.69) is 53.1 Å². The van der Waals surface area contributed by atoms with Crippen LogP contribution in [0.4, 0.5) is 4.79 Å². The van der Waals surface area contributed by atoms with Crippen LogP contribution in [0, 0.1) is 0 Å². The third-order valence-corrected chi connectivity index (χ3v) is 2.15. The summed E-state index contributed by atoms with van der Waals surface area (Å²) in [6.07, 6.45) is -0.658. The molecule has 0 saturated heterocycles. The highest BCUT2D eigenvalue weighted by atomic mass is 80.0. The molecule has 0 aliphatic heterocycles. The summed E-state index contributed by atoms with van der Waals surface area (Å²) in [5.74, 6) is -0.552. The minimum absolute atomic E-state index is 0.0617. The maximum absolute atomic E-state index is 11.5. The molecule has 1 amide bonds. The molecule has 0 fully saturated rings. The van der Waals surface area contributed by atoms with Gasteiger partial charge >= 0.3 is 12.1 Å². The van der Waals surface area contributed by atoms with E-state index in [4.69, 9.17) is 9.47 Å². The second-order valence-electron chi connectivity index (χ2n) is 4.59. The molecular formula is C10H16Br3NO4. The van der Waals surface area contributed by atoms with E-state index in [-0.39, 0.29) is 6.61 Å². The fourth-order valence-corrected chi connectivity index (χ4v) is 1.16. The van der Waals surface area contributed by atoms with Crippen molar-refractivity contribution in [2.24, 2.45) is 0 Å². The lowest BCUT2D eigenvalue weighted by molar-refractivity contribution is -0.145. The van der Waals surface area contributed by atoms with Crippen molar-refractivity contribution in [2.75, 3.05) is 6.61 Å². The Balaban J connectivity index is 4.13. The van der Waals surface area contributed by atoms with Gasteiger partial charge in [-0.2, -0.15) is 0 Å². The lowest BCUT2D eigenvalue weighted by Gasteiger charge is -2.21. The molecular weight excluding hydrogens is 438 g/mol. The maximum Gasteiger partial charge on any atom is 0.408 e. The molecule has 18 heavy (non-hydrogen) atoms. The molecule has 0 saturated carbocycles. The number of nitrogens with one attached hydrogen (secondary N) is 1. The number of ether oxygens (including phenoxy) is 2. The molecule has 106 valence electrons. The molecule has 0 aromatic rings. The van der Waals surface area contributed by atoms with Crippen LogP contribution in [0.25, 0.3) is 0 Å². The third-order valence-electron chi connectivity index (χ3n) is 1.46. The average molecular weight is 454 g/mol. The average Bonchev–Trinajstić information content (AvgIpc) is 2.09. The molecule has 1 N–H and O–H groups in total. The summed E-state index contributed by atoms with van der Waals surface area (Å²) in [6.45, 7) is 6.80. The Kier molecular flexibility index (Phi) is 7.16. The van der Waals surface area contributed by atoms with E-state index < -0.39 is 25.8 Å². The predicted octanol–water partition coefficient (Wildman–Crippen LogP) is 3.28. The van der Waals surface area contributed by atoms with Crippen molar-refractivity contribution in [2.45, 2.75) is 41.5 Å². The van der Waals surface area contributed by atoms with Crippen molar-refractivity contribution >= 4 is 59.9 Å². The first-order valence-electron chi connectivity index (χ1n) is 5.13. The van der Waals surface area contributed by atoms with Crippen molar-refractivity contribution in [3.8, 4) is 0 Å². The lowest BCUT2D eigenvalue weighted by Crippen LogP contribution is -2.42. The number of hydrogen-bond acceptors (Lipinski definition) is 4. The Morgan fingerprint density at radius 1 is 1.22 bits per heavy atom. The number of alkyl carbamates (subject to hydrolysis) is 1. The van der Waals surface area contributed by atoms with E-state index in [0.29, 0.717) is 0 Å². The number of carbonyl (C=O) groups excluding carboxylic acids is 2. The van der Waals surface area contributed by atoms with Crippen LogP contribution < -0.4 is 5.32 Å². The van der Waals surface area contributed by atoms with Crippen LogP contribution in [0.2, 0.25) is 0 Å². The van der Waals surface area contributed by atoms with Gasteiger partial charge in [-0.1, -0.05) is 47.8 Å². The fraction of sp³-hybridized carbons (Fsp3) is 0.800. The monoisotopic (exact) mass is 451 g/mol. The zero-order chi connectivity index (χ0) is 14.6. The van der Waals surface area contributed by atoms with E-state index in [0.717, 1.165) is 0 Å². The van der Waals surface area contributed by atoms with E-state index in [1.165, 1.54) is 6.92 Å². The van der Waals surface area contributed by atoms with E-state index in [1.54, 1.807) is 20.8 Å². The van der Waals surface area contributed by atoms with Gasteiger partial charge in [0.2, 0.25) is 0 Å². The summed E-state index contributed by atoms with van der Waals surface area (Å²) in [5.41, 5.74) is -0.607. The fourth-order valence-electron chi connectivity index (χ4n) is 0.821. The summed E-state index contributed by atoms with van der Waals surface area (Å²) in [5, 5.41) is 2.39. The van der Waals surface area contributed by atoms with Crippen LogP contribution in [0.1, 0.15) is 27.7 Å². The Morgan fingerprint density at radius 3 is 2.11 bits per heavy atom. The number of amides is 1. The molecule has 0 aromatic carbocycles. The van der Waals surface area contributed by atoms with Crippen LogP contribution in [-0.2, 0) is 14.3 Å². The second-order valence-corrected chi connectivity index (χ2v) is 11.8. The molecule has 0 radical (unpaired) electrons. The van der Waals surface area contributed by atoms with Crippen molar-refractivity contribution in [1.82, 2.24) is 5.32 Å². The Labute approximate surface area is 132 Å². The highest BCUT2D eigenvalue weighted by molar-refractivity contribution is 9.39. The minimum Gasteiger partial charge on any atom is -0.461 e. The summed E-state index contributed by atoms with van der Waals surface area (Å²) in [7, 11) is 0. The van der Waals surface area contributed by atoms with Gasteiger partial charge in [0.1, 0.15) is 18.2 Å². The Morgan fingerprint density at radius 2 is 1.72 bits per heavy atom. The van der Waals surface area contributed by atoms with Crippen LogP contribution in [0.15, 0.2) is 0 Å². The number of alkyl halides is 3. The van der Waals surface area contributed by atoms with Gasteiger partial charge in [0, 0.05) is 0 Å². The highest BCUT2D eigenvalue weighted by Gasteiger charge is 2.25. The van der Waals surface area contributed by atoms with Gasteiger partial charge in [0.15, 0.2) is 2.14 Å². The molecule has 0 heterocycles. The van der Waals surface area contributed by atoms with E-state index >= 15 is 0 Å². The van der Waals surface area contributed by atoms with Gasteiger partial charge in [-0.15, -0.1) is 0 Å². The summed E-state index contributed by atoms with van der Waals surface area (Å²) < 4.78 is 9.31. The van der Waals surface area contributed by atoms with E-state index in [1.807, 2.05) is 0 Å². The molecule has 8 heteroatoms. The van der Waals surface area contributed by atoms with Gasteiger partial charge in [-0.3, -0.25) is 0 Å². The van der Waals surface area contributed by atoms with Crippen LogP contribution >= 0.6 is 47.8 Å². The second kappa shape index (κ2) is 7.09. The first kappa shape index (κ1) is 18.2. The van der Waals surface area contributed by atoms with Gasteiger partial charge in [-0.25, -0.2) is 9.59 Å². The van der Waals surface area contributed by atoms with Crippen molar-refractivity contribution < 1.29 is 19.1 Å². The molecule has 1 atom stereocenters. The SMILES string of the molecule is C[C@H](NC(=O)OC(C)(C)C)C(=O)OCC(Br)(Br)Br. The van der Waals surface area contributed by atoms with Crippen molar-refractivity contribution in [3.63, 3.8) is 0 Å². The van der Waals surface area contributed by atoms with Crippen molar-refractivity contribution in [1.29, 1.82) is 0 Å². The molecule has 0 rings (SSSR count). The molecule has 0 aliphatic rings. The zero-order valence-electron chi connectivity index (χ0n) is 10.6. The van der Waals surface area contributed by atoms with Crippen LogP contribution in [0.5, 0.6) is 0 Å². The van der Waals surface area contributed by atoms with Gasteiger partial charge in [-0.05, 0) is 27.7 Å². The summed E-state index contributed by atoms with van der Waals surface area (Å²) >= 11 is 9.57. The molecule has 0 aliphatic carbocycles. The Bertz CT molecular complexity index is 309. The van der Waals surface area contributed by atoms with Gasteiger partial charge in [0.25, 0.3) is 0 Å². The molecule has 0 aromatic heterocycles. The highest BCUT2D eigenvalue weighted by Crippen LogP contribution is 2.33. The van der Waals surface area contributed by atoms with Crippen LogP contribution in [-0.4, -0.2) is 32.5 Å². The normalized spacial score (nSPS) is 13.7. The topological polar surface area (TPSA) is 64.6 Å². The third kappa shape index (κ3) is 10.1. The number of esters is 1. The number of carbonyl (C=O) groups is 2. The lowest BCUT2D eigenvalue weighted by atomic mass is 10.2. The molecule has 0 spiro atoms. The maximum atomic E-state index is 11.5. The van der Waals surface area contributed by atoms with Gasteiger partial charge in [0.05, 0.1) is 0 Å². The quantitative estimate of drug-likeness (QED) is 0.526.